The van der Waals surface area contributed by atoms with Crippen LogP contribution in [0.15, 0.2) is 11.7 Å². The van der Waals surface area contributed by atoms with E-state index in [4.69, 9.17) is 5.73 Å². The van der Waals surface area contributed by atoms with Gasteiger partial charge in [-0.15, -0.1) is 11.3 Å². The second kappa shape index (κ2) is 5.42. The number of sulfone groups is 1. The van der Waals surface area contributed by atoms with Crippen LogP contribution in [-0.2, 0) is 16.3 Å². The van der Waals surface area contributed by atoms with Gasteiger partial charge in [0.2, 0.25) is 0 Å². The molecule has 1 atom stereocenters. The average molecular weight is 326 g/mol. The number of nitrogen functional groups attached to an aromatic ring is 1. The Bertz CT molecular complexity index is 735. The van der Waals surface area contributed by atoms with E-state index in [2.05, 4.69) is 17.0 Å². The van der Waals surface area contributed by atoms with Crippen molar-refractivity contribution in [2.45, 2.75) is 32.2 Å². The molecule has 6 nitrogen and oxygen atoms in total. The van der Waals surface area contributed by atoms with Crippen molar-refractivity contribution < 1.29 is 8.42 Å². The highest BCUT2D eigenvalue weighted by Crippen LogP contribution is 2.34. The lowest BCUT2D eigenvalue weighted by Gasteiger charge is -2.10. The first-order valence-corrected chi connectivity index (χ1v) is 9.68. The number of hydrogen-bond donors (Lipinski definition) is 1. The SMILES string of the molecule is CCCc1c(-c2cncs2)nn(C2CCS(=O)(=O)C2)c1N. The summed E-state index contributed by atoms with van der Waals surface area (Å²) in [5.41, 5.74) is 9.87. The average Bonchev–Trinajstić information content (AvgIpc) is 3.12. The molecule has 0 amide bonds. The van der Waals surface area contributed by atoms with E-state index >= 15 is 0 Å². The van der Waals surface area contributed by atoms with Crippen molar-refractivity contribution in [3.63, 3.8) is 0 Å². The molecule has 3 heterocycles. The lowest BCUT2D eigenvalue weighted by atomic mass is 10.1. The molecule has 3 rings (SSSR count). The fourth-order valence-electron chi connectivity index (χ4n) is 2.76. The van der Waals surface area contributed by atoms with Crippen molar-refractivity contribution in [2.24, 2.45) is 0 Å². The number of rotatable bonds is 4. The molecule has 2 aromatic rings. The van der Waals surface area contributed by atoms with Gasteiger partial charge in [-0.05, 0) is 12.8 Å². The first-order chi connectivity index (χ1) is 10.0. The normalized spacial score (nSPS) is 20.9. The van der Waals surface area contributed by atoms with E-state index < -0.39 is 9.84 Å². The number of thiazole rings is 1. The highest BCUT2D eigenvalue weighted by molar-refractivity contribution is 7.91. The maximum Gasteiger partial charge on any atom is 0.152 e. The fraction of sp³-hybridized carbons (Fsp3) is 0.538. The van der Waals surface area contributed by atoms with Gasteiger partial charge >= 0.3 is 0 Å². The third kappa shape index (κ3) is 2.69. The second-order valence-corrected chi connectivity index (χ2v) is 8.44. The summed E-state index contributed by atoms with van der Waals surface area (Å²) in [5.74, 6) is 0.949. The van der Waals surface area contributed by atoms with Gasteiger partial charge in [-0.3, -0.25) is 4.98 Å². The zero-order chi connectivity index (χ0) is 15.0. The Kier molecular flexibility index (Phi) is 3.75. The Hall–Kier alpha value is -1.41. The topological polar surface area (TPSA) is 90.9 Å². The van der Waals surface area contributed by atoms with E-state index in [1.165, 1.54) is 11.3 Å². The summed E-state index contributed by atoms with van der Waals surface area (Å²) in [7, 11) is -2.96. The number of hydrogen-bond acceptors (Lipinski definition) is 6. The molecule has 1 aliphatic rings. The van der Waals surface area contributed by atoms with Gasteiger partial charge in [-0.1, -0.05) is 13.3 Å². The smallest absolute Gasteiger partial charge is 0.152 e. The summed E-state index contributed by atoms with van der Waals surface area (Å²) in [4.78, 5) is 5.07. The van der Waals surface area contributed by atoms with Crippen LogP contribution < -0.4 is 5.73 Å². The molecule has 114 valence electrons. The lowest BCUT2D eigenvalue weighted by Crippen LogP contribution is -2.15. The van der Waals surface area contributed by atoms with Gasteiger partial charge in [-0.25, -0.2) is 13.1 Å². The van der Waals surface area contributed by atoms with Gasteiger partial charge in [-0.2, -0.15) is 5.10 Å². The number of nitrogens with two attached hydrogens (primary N) is 1. The van der Waals surface area contributed by atoms with E-state index in [1.54, 1.807) is 16.4 Å². The van der Waals surface area contributed by atoms with Crippen LogP contribution in [0.4, 0.5) is 5.82 Å². The van der Waals surface area contributed by atoms with Crippen LogP contribution in [0.1, 0.15) is 31.4 Å². The Labute approximate surface area is 127 Å². The molecule has 2 N–H and O–H groups in total. The van der Waals surface area contributed by atoms with Crippen LogP contribution >= 0.6 is 11.3 Å². The first-order valence-electron chi connectivity index (χ1n) is 6.98. The number of nitrogens with zero attached hydrogens (tertiary/aromatic N) is 3. The summed E-state index contributed by atoms with van der Waals surface area (Å²) in [6, 6.07) is -0.146. The van der Waals surface area contributed by atoms with E-state index in [0.29, 0.717) is 12.2 Å². The molecule has 1 unspecified atom stereocenters. The molecule has 1 saturated heterocycles. The Morgan fingerprint density at radius 2 is 2.33 bits per heavy atom. The van der Waals surface area contributed by atoms with Crippen molar-refractivity contribution >= 4 is 27.0 Å². The van der Waals surface area contributed by atoms with Gasteiger partial charge in [0, 0.05) is 11.8 Å². The van der Waals surface area contributed by atoms with Crippen LogP contribution in [-0.4, -0.2) is 34.7 Å². The van der Waals surface area contributed by atoms with Gasteiger partial charge in [0.05, 0.1) is 27.9 Å². The fourth-order valence-corrected chi connectivity index (χ4v) is 5.08. The number of aromatic nitrogens is 3. The summed E-state index contributed by atoms with van der Waals surface area (Å²) < 4.78 is 25.1. The molecule has 0 radical (unpaired) electrons. The van der Waals surface area contributed by atoms with Gasteiger partial charge < -0.3 is 5.73 Å². The predicted molar refractivity (Wildman–Crippen MR) is 84.1 cm³/mol. The second-order valence-electron chi connectivity index (χ2n) is 5.33. The molecule has 0 spiro atoms. The molecule has 0 saturated carbocycles. The Morgan fingerprint density at radius 3 is 2.90 bits per heavy atom. The summed E-state index contributed by atoms with van der Waals surface area (Å²) >= 11 is 1.52. The maximum atomic E-state index is 11.7. The summed E-state index contributed by atoms with van der Waals surface area (Å²) in [5, 5.41) is 4.62. The molecule has 0 aliphatic carbocycles. The molecule has 21 heavy (non-hydrogen) atoms. The predicted octanol–water partition coefficient (Wildman–Crippen LogP) is 1.90. The van der Waals surface area contributed by atoms with Crippen LogP contribution in [0.3, 0.4) is 0 Å². The minimum absolute atomic E-state index is 0.132. The Balaban J connectivity index is 2.04. The monoisotopic (exact) mass is 326 g/mol. The molecule has 0 aromatic carbocycles. The third-order valence-corrected chi connectivity index (χ3v) is 6.30. The molecule has 1 aliphatic heterocycles. The van der Waals surface area contributed by atoms with Crippen LogP contribution in [0.25, 0.3) is 10.6 Å². The van der Waals surface area contributed by atoms with Crippen LogP contribution in [0.5, 0.6) is 0 Å². The van der Waals surface area contributed by atoms with Crippen molar-refractivity contribution in [3.8, 4) is 10.6 Å². The highest BCUT2D eigenvalue weighted by Gasteiger charge is 2.32. The highest BCUT2D eigenvalue weighted by atomic mass is 32.2. The minimum atomic E-state index is -2.96. The van der Waals surface area contributed by atoms with Gasteiger partial charge in [0.25, 0.3) is 0 Å². The maximum absolute atomic E-state index is 11.7. The first kappa shape index (κ1) is 14.5. The van der Waals surface area contributed by atoms with Crippen LogP contribution in [0.2, 0.25) is 0 Å². The molecular weight excluding hydrogens is 308 g/mol. The quantitative estimate of drug-likeness (QED) is 0.926. The van der Waals surface area contributed by atoms with Gasteiger partial charge in [0.1, 0.15) is 11.5 Å². The van der Waals surface area contributed by atoms with E-state index in [1.807, 2.05) is 0 Å². The molecule has 8 heteroatoms. The van der Waals surface area contributed by atoms with Crippen molar-refractivity contribution in [1.82, 2.24) is 14.8 Å². The molecule has 2 aromatic heterocycles. The van der Waals surface area contributed by atoms with Gasteiger partial charge in [0.15, 0.2) is 9.84 Å². The standard InChI is InChI=1S/C13H18N4O2S2/c1-2-3-10-12(11-6-15-8-20-11)16-17(13(10)14)9-4-5-21(18,19)7-9/h6,8-9H,2-5,7,14H2,1H3. The van der Waals surface area contributed by atoms with E-state index in [0.717, 1.165) is 29.0 Å². The lowest BCUT2D eigenvalue weighted by molar-refractivity contribution is 0.508. The molecular formula is C13H18N4O2S2. The van der Waals surface area contributed by atoms with E-state index in [9.17, 15) is 8.42 Å². The molecule has 1 fully saturated rings. The summed E-state index contributed by atoms with van der Waals surface area (Å²) in [6.45, 7) is 2.09. The van der Waals surface area contributed by atoms with Crippen molar-refractivity contribution in [1.29, 1.82) is 0 Å². The molecule has 0 bridgehead atoms. The Morgan fingerprint density at radius 1 is 1.52 bits per heavy atom. The zero-order valence-corrected chi connectivity index (χ0v) is 13.5. The van der Waals surface area contributed by atoms with Crippen LogP contribution in [0, 0.1) is 0 Å². The van der Waals surface area contributed by atoms with Crippen molar-refractivity contribution in [3.05, 3.63) is 17.3 Å². The zero-order valence-electron chi connectivity index (χ0n) is 11.8. The minimum Gasteiger partial charge on any atom is -0.384 e. The number of anilines is 1. The third-order valence-electron chi connectivity index (χ3n) is 3.77. The van der Waals surface area contributed by atoms with E-state index in [-0.39, 0.29) is 17.5 Å². The summed E-state index contributed by atoms with van der Waals surface area (Å²) in [6.07, 6.45) is 4.16. The largest absolute Gasteiger partial charge is 0.384 e. The van der Waals surface area contributed by atoms with Crippen molar-refractivity contribution in [2.75, 3.05) is 17.2 Å².